The first-order valence-electron chi connectivity index (χ1n) is 11.9. The monoisotopic (exact) mass is 515 g/mol. The number of nitrogens with one attached hydrogen (secondary N) is 1. The minimum absolute atomic E-state index is 0.0456. The van der Waals surface area contributed by atoms with Gasteiger partial charge in [-0.2, -0.15) is 4.31 Å². The molecule has 2 aromatic heterocycles. The third kappa shape index (κ3) is 4.95. The predicted octanol–water partition coefficient (Wildman–Crippen LogP) is 3.69. The van der Waals surface area contributed by atoms with Crippen molar-refractivity contribution in [3.63, 3.8) is 0 Å². The van der Waals surface area contributed by atoms with Crippen molar-refractivity contribution in [3.8, 4) is 11.1 Å². The third-order valence-corrected chi connectivity index (χ3v) is 9.04. The summed E-state index contributed by atoms with van der Waals surface area (Å²) in [6, 6.07) is 7.64. The Labute approximate surface area is 210 Å². The van der Waals surface area contributed by atoms with Crippen LogP contribution in [0.3, 0.4) is 0 Å². The van der Waals surface area contributed by atoms with Crippen LogP contribution in [-0.4, -0.2) is 79.5 Å². The average molecular weight is 516 g/mol. The van der Waals surface area contributed by atoms with Gasteiger partial charge in [-0.15, -0.1) is 0 Å². The van der Waals surface area contributed by atoms with Gasteiger partial charge >= 0.3 is 0 Å². The lowest BCUT2D eigenvalue weighted by Crippen LogP contribution is -2.52. The molecule has 0 bridgehead atoms. The van der Waals surface area contributed by atoms with E-state index in [0.717, 1.165) is 27.8 Å². The molecule has 3 aromatic rings. The quantitative estimate of drug-likeness (QED) is 0.494. The largest absolute Gasteiger partial charge is 0.346 e. The fraction of sp³-hybridized carbons (Fsp3) is 0.440. The Morgan fingerprint density at radius 2 is 2.03 bits per heavy atom. The summed E-state index contributed by atoms with van der Waals surface area (Å²) in [5.41, 5.74) is 4.42. The van der Waals surface area contributed by atoms with Gasteiger partial charge in [-0.25, -0.2) is 13.4 Å². The van der Waals surface area contributed by atoms with E-state index in [2.05, 4.69) is 9.97 Å². The molecule has 2 aliphatic rings. The minimum atomic E-state index is -3.47. The van der Waals surface area contributed by atoms with Crippen molar-refractivity contribution in [2.45, 2.75) is 25.2 Å². The van der Waals surface area contributed by atoms with Gasteiger partial charge in [0, 0.05) is 42.1 Å². The van der Waals surface area contributed by atoms with E-state index in [0.29, 0.717) is 30.5 Å². The Morgan fingerprint density at radius 1 is 1.23 bits per heavy atom. The number of hydrogen-bond acceptors (Lipinski definition) is 5. The average Bonchev–Trinajstić information content (AvgIpc) is 3.57. The normalized spacial score (nSPS) is 17.6. The van der Waals surface area contributed by atoms with Crippen LogP contribution in [0, 0.1) is 0 Å². The summed E-state index contributed by atoms with van der Waals surface area (Å²) in [4.78, 5) is 24.4. The van der Waals surface area contributed by atoms with E-state index >= 15 is 0 Å². The van der Waals surface area contributed by atoms with Gasteiger partial charge in [-0.05, 0) is 69.1 Å². The van der Waals surface area contributed by atoms with Crippen LogP contribution >= 0.6 is 11.6 Å². The highest BCUT2D eigenvalue weighted by Gasteiger charge is 2.32. The van der Waals surface area contributed by atoms with Crippen molar-refractivity contribution < 1.29 is 13.2 Å². The number of sulfonamides is 1. The summed E-state index contributed by atoms with van der Waals surface area (Å²) in [5.74, 6) is 0.354. The van der Waals surface area contributed by atoms with Crippen LogP contribution < -0.4 is 4.90 Å². The van der Waals surface area contributed by atoms with E-state index in [1.54, 1.807) is 11.1 Å². The number of H-pyrrole nitrogens is 1. The molecule has 186 valence electrons. The Bertz CT molecular complexity index is 1370. The zero-order chi connectivity index (χ0) is 24.7. The van der Waals surface area contributed by atoms with Crippen LogP contribution in [0.25, 0.3) is 22.2 Å². The Hall–Kier alpha value is -2.46. The second-order valence-corrected chi connectivity index (χ2v) is 12.1. The topological polar surface area (TPSA) is 89.6 Å². The minimum Gasteiger partial charge on any atom is -0.346 e. The van der Waals surface area contributed by atoms with Gasteiger partial charge in [0.1, 0.15) is 5.65 Å². The zero-order valence-corrected chi connectivity index (χ0v) is 21.6. The molecule has 10 heteroatoms. The lowest BCUT2D eigenvalue weighted by Gasteiger charge is -2.34. The van der Waals surface area contributed by atoms with E-state index in [9.17, 15) is 13.2 Å². The summed E-state index contributed by atoms with van der Waals surface area (Å²) in [6.45, 7) is 1.14. The first kappa shape index (κ1) is 24.2. The molecule has 1 N–H and O–H groups in total. The zero-order valence-electron chi connectivity index (χ0n) is 20.0. The van der Waals surface area contributed by atoms with E-state index < -0.39 is 10.0 Å². The number of hydrogen-bond donors (Lipinski definition) is 1. The number of pyridine rings is 1. The third-order valence-electron chi connectivity index (χ3n) is 6.74. The van der Waals surface area contributed by atoms with Crippen LogP contribution in [0.15, 0.2) is 36.7 Å². The van der Waals surface area contributed by atoms with Gasteiger partial charge in [-0.3, -0.25) is 4.79 Å². The maximum absolute atomic E-state index is 13.0. The number of halogens is 1. The van der Waals surface area contributed by atoms with Gasteiger partial charge in [0.25, 0.3) is 0 Å². The van der Waals surface area contributed by atoms with E-state index in [4.69, 9.17) is 11.6 Å². The van der Waals surface area contributed by atoms with Crippen LogP contribution in [-0.2, 0) is 14.8 Å². The number of benzene rings is 1. The van der Waals surface area contributed by atoms with Crippen molar-refractivity contribution in [3.05, 3.63) is 47.2 Å². The summed E-state index contributed by atoms with van der Waals surface area (Å²) in [5, 5.41) is 1.64. The molecule has 3 heterocycles. The molecular formula is C25H30ClN5O3S. The summed E-state index contributed by atoms with van der Waals surface area (Å²) >= 11 is 6.87. The number of aromatic nitrogens is 2. The van der Waals surface area contributed by atoms with Gasteiger partial charge in [0.15, 0.2) is 0 Å². The van der Waals surface area contributed by atoms with Crippen LogP contribution in [0.4, 0.5) is 5.69 Å². The molecule has 1 saturated carbocycles. The SMILES string of the molecule is CN(C)CCCS(=O)(=O)N1CCN(c2cccc(-c3cnc4[nH]cc(C5CC5)c4c3Cl)c2)C(=O)C1. The van der Waals surface area contributed by atoms with E-state index in [1.165, 1.54) is 22.7 Å². The number of anilines is 1. The Kier molecular flexibility index (Phi) is 6.61. The molecule has 8 nitrogen and oxygen atoms in total. The van der Waals surface area contributed by atoms with Crippen molar-refractivity contribution in [2.75, 3.05) is 50.9 Å². The maximum Gasteiger partial charge on any atom is 0.242 e. The molecule has 1 aromatic carbocycles. The van der Waals surface area contributed by atoms with Crippen molar-refractivity contribution in [1.82, 2.24) is 19.2 Å². The molecule has 0 unspecified atom stereocenters. The first-order chi connectivity index (χ1) is 16.7. The molecule has 0 atom stereocenters. The maximum atomic E-state index is 13.0. The number of piperazine rings is 1. The molecule has 1 aliphatic carbocycles. The number of nitrogens with zero attached hydrogens (tertiary/aromatic N) is 4. The van der Waals surface area contributed by atoms with E-state index in [1.807, 2.05) is 49.5 Å². The fourth-order valence-corrected chi connectivity index (χ4v) is 6.47. The number of rotatable bonds is 8. The summed E-state index contributed by atoms with van der Waals surface area (Å²) in [7, 11) is 0.358. The molecule has 0 spiro atoms. The molecule has 35 heavy (non-hydrogen) atoms. The molecule has 5 rings (SSSR count). The number of carbonyl (C=O) groups is 1. The number of aromatic amines is 1. The summed E-state index contributed by atoms with van der Waals surface area (Å²) in [6.07, 6.45) is 6.64. The lowest BCUT2D eigenvalue weighted by molar-refractivity contribution is -0.119. The molecule has 0 radical (unpaired) electrons. The number of fused-ring (bicyclic) bond motifs is 1. The molecular weight excluding hydrogens is 486 g/mol. The second kappa shape index (κ2) is 9.54. The number of amides is 1. The summed E-state index contributed by atoms with van der Waals surface area (Å²) < 4.78 is 26.7. The van der Waals surface area contributed by atoms with Crippen molar-refractivity contribution in [2.24, 2.45) is 0 Å². The smallest absolute Gasteiger partial charge is 0.242 e. The molecule has 1 aliphatic heterocycles. The van der Waals surface area contributed by atoms with E-state index in [-0.39, 0.29) is 24.7 Å². The second-order valence-electron chi connectivity index (χ2n) is 9.63. The van der Waals surface area contributed by atoms with Crippen molar-refractivity contribution in [1.29, 1.82) is 0 Å². The molecule has 1 amide bonds. The highest BCUT2D eigenvalue weighted by molar-refractivity contribution is 7.89. The van der Waals surface area contributed by atoms with Gasteiger partial charge in [-0.1, -0.05) is 23.7 Å². The fourth-order valence-electron chi connectivity index (χ4n) is 4.69. The Balaban J connectivity index is 1.35. The predicted molar refractivity (Wildman–Crippen MR) is 139 cm³/mol. The van der Waals surface area contributed by atoms with Gasteiger partial charge in [0.2, 0.25) is 15.9 Å². The highest BCUT2D eigenvalue weighted by atomic mass is 35.5. The van der Waals surface area contributed by atoms with Crippen LogP contribution in [0.5, 0.6) is 0 Å². The first-order valence-corrected chi connectivity index (χ1v) is 13.9. The standard InChI is InChI=1S/C25H30ClN5O3S/c1-29(2)9-4-12-35(33,34)30-10-11-31(22(32)16-30)19-6-3-5-18(13-19)21-15-28-25-23(24(21)26)20(14-27-25)17-7-8-17/h3,5-6,13-15,17H,4,7-12,16H2,1-2H3,(H,27,28). The van der Waals surface area contributed by atoms with Gasteiger partial charge < -0.3 is 14.8 Å². The van der Waals surface area contributed by atoms with Crippen LogP contribution in [0.2, 0.25) is 5.02 Å². The molecule has 1 saturated heterocycles. The number of carbonyl (C=O) groups excluding carboxylic acids is 1. The van der Waals surface area contributed by atoms with Crippen LogP contribution in [0.1, 0.15) is 30.7 Å². The Morgan fingerprint density at radius 3 is 2.74 bits per heavy atom. The van der Waals surface area contributed by atoms with Crippen molar-refractivity contribution >= 4 is 44.3 Å². The lowest BCUT2D eigenvalue weighted by atomic mass is 10.0. The highest BCUT2D eigenvalue weighted by Crippen LogP contribution is 2.46. The molecule has 2 fully saturated rings. The van der Waals surface area contributed by atoms with Gasteiger partial charge in [0.05, 0.1) is 17.3 Å².